The highest BCUT2D eigenvalue weighted by molar-refractivity contribution is 5.81. The summed E-state index contributed by atoms with van der Waals surface area (Å²) in [5.41, 5.74) is 7.20. The summed E-state index contributed by atoms with van der Waals surface area (Å²) >= 11 is 0. The lowest BCUT2D eigenvalue weighted by Gasteiger charge is -2.40. The number of halogens is 1. The van der Waals surface area contributed by atoms with Gasteiger partial charge in [0.05, 0.1) is 12.1 Å². The van der Waals surface area contributed by atoms with Crippen LogP contribution in [0.4, 0.5) is 4.39 Å². The summed E-state index contributed by atoms with van der Waals surface area (Å²) in [6, 6.07) is 7.30. The van der Waals surface area contributed by atoms with E-state index >= 15 is 0 Å². The van der Waals surface area contributed by atoms with E-state index in [9.17, 15) is 4.39 Å². The number of benzene rings is 1. The number of guanidine groups is 1. The Morgan fingerprint density at radius 3 is 2.60 bits per heavy atom. The number of hydrogen-bond donors (Lipinski definition) is 1. The van der Waals surface area contributed by atoms with Crippen LogP contribution in [-0.2, 0) is 6.42 Å². The molecule has 0 amide bonds. The van der Waals surface area contributed by atoms with E-state index in [0.717, 1.165) is 18.5 Å². The van der Waals surface area contributed by atoms with Gasteiger partial charge in [0.25, 0.3) is 0 Å². The average molecular weight is 275 g/mol. The Labute approximate surface area is 119 Å². The molecule has 108 valence electrons. The van der Waals surface area contributed by atoms with Crippen LogP contribution in [0.15, 0.2) is 29.3 Å². The molecular formula is C16H22FN3. The largest absolute Gasteiger partial charge is 0.370 e. The molecule has 0 saturated heterocycles. The van der Waals surface area contributed by atoms with Gasteiger partial charge in [-0.3, -0.25) is 4.99 Å². The summed E-state index contributed by atoms with van der Waals surface area (Å²) < 4.78 is 13.0. The minimum absolute atomic E-state index is 0.0725. The van der Waals surface area contributed by atoms with Crippen LogP contribution in [0, 0.1) is 5.82 Å². The van der Waals surface area contributed by atoms with Gasteiger partial charge < -0.3 is 10.6 Å². The van der Waals surface area contributed by atoms with Gasteiger partial charge in [0, 0.05) is 6.04 Å². The zero-order valence-corrected chi connectivity index (χ0v) is 12.0. The molecule has 0 spiro atoms. The molecule has 2 aliphatic rings. The first-order valence-corrected chi connectivity index (χ1v) is 7.42. The summed E-state index contributed by atoms with van der Waals surface area (Å²) in [7, 11) is 0. The lowest BCUT2D eigenvalue weighted by Crippen LogP contribution is -2.55. The lowest BCUT2D eigenvalue weighted by molar-refractivity contribution is 0.166. The first kappa shape index (κ1) is 13.4. The Balaban J connectivity index is 1.80. The Hall–Kier alpha value is -1.58. The number of hydrogen-bond acceptors (Lipinski definition) is 3. The smallest absolute Gasteiger partial charge is 0.192 e. The predicted octanol–water partition coefficient (Wildman–Crippen LogP) is 2.70. The molecule has 0 bridgehead atoms. The Bertz CT molecular complexity index is 505. The predicted molar refractivity (Wildman–Crippen MR) is 79.1 cm³/mol. The molecule has 1 aliphatic carbocycles. The monoisotopic (exact) mass is 275 g/mol. The highest BCUT2D eigenvalue weighted by Gasteiger charge is 2.42. The molecule has 3 nitrogen and oxygen atoms in total. The molecule has 1 fully saturated rings. The molecule has 3 rings (SSSR count). The fraction of sp³-hybridized carbons (Fsp3) is 0.562. The van der Waals surface area contributed by atoms with Crippen molar-refractivity contribution in [2.75, 3.05) is 6.54 Å². The molecule has 1 aliphatic heterocycles. The molecule has 1 atom stereocenters. The zero-order chi connectivity index (χ0) is 14.2. The van der Waals surface area contributed by atoms with Gasteiger partial charge in [-0.1, -0.05) is 25.0 Å². The van der Waals surface area contributed by atoms with E-state index in [1.54, 1.807) is 0 Å². The number of nitrogens with zero attached hydrogens (tertiary/aromatic N) is 2. The fourth-order valence-corrected chi connectivity index (χ4v) is 3.65. The Kier molecular flexibility index (Phi) is 3.40. The third kappa shape index (κ3) is 2.39. The van der Waals surface area contributed by atoms with Gasteiger partial charge in [-0.05, 0) is 43.9 Å². The van der Waals surface area contributed by atoms with Crippen molar-refractivity contribution >= 4 is 5.96 Å². The summed E-state index contributed by atoms with van der Waals surface area (Å²) in [4.78, 5) is 6.80. The van der Waals surface area contributed by atoms with E-state index in [-0.39, 0.29) is 11.4 Å². The van der Waals surface area contributed by atoms with Gasteiger partial charge in [0.15, 0.2) is 5.96 Å². The van der Waals surface area contributed by atoms with Crippen molar-refractivity contribution in [3.8, 4) is 0 Å². The van der Waals surface area contributed by atoms with E-state index < -0.39 is 0 Å². The second-order valence-electron chi connectivity index (χ2n) is 6.28. The molecule has 4 heteroatoms. The van der Waals surface area contributed by atoms with Crippen LogP contribution in [0.1, 0.15) is 38.2 Å². The number of nitrogens with two attached hydrogens (primary N) is 1. The van der Waals surface area contributed by atoms with Crippen LogP contribution in [0.2, 0.25) is 0 Å². The third-order valence-corrected chi connectivity index (χ3v) is 4.60. The van der Waals surface area contributed by atoms with Gasteiger partial charge in [-0.2, -0.15) is 0 Å². The van der Waals surface area contributed by atoms with Crippen LogP contribution >= 0.6 is 0 Å². The number of aliphatic imine (C=N–C) groups is 1. The maximum atomic E-state index is 13.0. The van der Waals surface area contributed by atoms with Crippen LogP contribution in [0.25, 0.3) is 0 Å². The molecule has 2 N–H and O–H groups in total. The van der Waals surface area contributed by atoms with Crippen LogP contribution in [-0.4, -0.2) is 29.0 Å². The van der Waals surface area contributed by atoms with Gasteiger partial charge in [-0.25, -0.2) is 4.39 Å². The first-order valence-electron chi connectivity index (χ1n) is 7.42. The van der Waals surface area contributed by atoms with Crippen molar-refractivity contribution in [2.24, 2.45) is 10.7 Å². The van der Waals surface area contributed by atoms with Gasteiger partial charge >= 0.3 is 0 Å². The Morgan fingerprint density at radius 2 is 1.95 bits per heavy atom. The van der Waals surface area contributed by atoms with Gasteiger partial charge in [0.2, 0.25) is 0 Å². The fourth-order valence-electron chi connectivity index (χ4n) is 3.65. The van der Waals surface area contributed by atoms with Crippen LogP contribution in [0.3, 0.4) is 0 Å². The van der Waals surface area contributed by atoms with Crippen molar-refractivity contribution in [1.29, 1.82) is 0 Å². The maximum absolute atomic E-state index is 13.0. The van der Waals surface area contributed by atoms with E-state index in [0.29, 0.717) is 12.0 Å². The third-order valence-electron chi connectivity index (χ3n) is 4.60. The van der Waals surface area contributed by atoms with E-state index in [1.165, 1.54) is 37.8 Å². The van der Waals surface area contributed by atoms with E-state index in [4.69, 9.17) is 5.73 Å². The van der Waals surface area contributed by atoms with E-state index in [2.05, 4.69) is 16.8 Å². The Morgan fingerprint density at radius 1 is 1.30 bits per heavy atom. The zero-order valence-electron chi connectivity index (χ0n) is 12.0. The van der Waals surface area contributed by atoms with Gasteiger partial charge in [0.1, 0.15) is 5.82 Å². The molecular weight excluding hydrogens is 253 g/mol. The minimum atomic E-state index is -0.186. The molecule has 20 heavy (non-hydrogen) atoms. The molecule has 0 aromatic heterocycles. The molecule has 1 unspecified atom stereocenters. The van der Waals surface area contributed by atoms with Crippen LogP contribution in [0.5, 0.6) is 0 Å². The molecule has 0 radical (unpaired) electrons. The van der Waals surface area contributed by atoms with Crippen molar-refractivity contribution in [1.82, 2.24) is 4.90 Å². The average Bonchev–Trinajstić information content (AvgIpc) is 3.01. The van der Waals surface area contributed by atoms with Crippen LogP contribution < -0.4 is 5.73 Å². The summed E-state index contributed by atoms with van der Waals surface area (Å²) in [6.07, 6.45) is 5.82. The normalized spacial score (nSPS) is 27.1. The second kappa shape index (κ2) is 5.08. The lowest BCUT2D eigenvalue weighted by atomic mass is 9.90. The maximum Gasteiger partial charge on any atom is 0.192 e. The topological polar surface area (TPSA) is 41.6 Å². The number of rotatable bonds is 3. The second-order valence-corrected chi connectivity index (χ2v) is 6.28. The van der Waals surface area contributed by atoms with Crippen molar-refractivity contribution in [3.63, 3.8) is 0 Å². The summed E-state index contributed by atoms with van der Waals surface area (Å²) in [5, 5.41) is 0. The highest BCUT2D eigenvalue weighted by atomic mass is 19.1. The van der Waals surface area contributed by atoms with Crippen molar-refractivity contribution < 1.29 is 4.39 Å². The SMILES string of the molecule is CC1(Cc2ccc(F)cc2)CN=C(N)N1C1CCCC1. The van der Waals surface area contributed by atoms with Crippen molar-refractivity contribution in [2.45, 2.75) is 50.6 Å². The van der Waals surface area contributed by atoms with Crippen molar-refractivity contribution in [3.05, 3.63) is 35.6 Å². The molecule has 1 aromatic rings. The summed E-state index contributed by atoms with van der Waals surface area (Å²) in [6.45, 7) is 2.95. The molecule has 1 saturated carbocycles. The van der Waals surface area contributed by atoms with E-state index in [1.807, 2.05) is 12.1 Å². The first-order chi connectivity index (χ1) is 9.58. The quantitative estimate of drug-likeness (QED) is 0.921. The highest BCUT2D eigenvalue weighted by Crippen LogP contribution is 2.34. The van der Waals surface area contributed by atoms with Gasteiger partial charge in [-0.15, -0.1) is 0 Å². The molecule has 1 aromatic carbocycles. The standard InChI is InChI=1S/C16H22FN3/c1-16(10-12-6-8-13(17)9-7-12)11-19-15(18)20(16)14-4-2-3-5-14/h6-9,14H,2-5,10-11H2,1H3,(H2,18,19). The molecule has 1 heterocycles. The minimum Gasteiger partial charge on any atom is -0.370 e. The summed E-state index contributed by atoms with van der Waals surface area (Å²) in [5.74, 6) is 0.496.